The van der Waals surface area contributed by atoms with Crippen LogP contribution in [0.2, 0.25) is 0 Å². The zero-order chi connectivity index (χ0) is 13.6. The quantitative estimate of drug-likeness (QED) is 0.761. The van der Waals surface area contributed by atoms with Crippen LogP contribution in [0.3, 0.4) is 0 Å². The summed E-state index contributed by atoms with van der Waals surface area (Å²) in [6.07, 6.45) is 8.55. The molecule has 1 aliphatic heterocycles. The van der Waals surface area contributed by atoms with E-state index in [1.165, 1.54) is 5.56 Å². The molecule has 3 aliphatic rings. The molecule has 1 saturated heterocycles. The number of aryl methyl sites for hydroxylation is 1. The van der Waals surface area contributed by atoms with Crippen molar-refractivity contribution >= 4 is 5.91 Å². The highest BCUT2D eigenvalue weighted by Crippen LogP contribution is 2.58. The van der Waals surface area contributed by atoms with Gasteiger partial charge in [0, 0.05) is 5.92 Å². The molecule has 1 saturated carbocycles. The first-order valence-corrected chi connectivity index (χ1v) is 7.82. The van der Waals surface area contributed by atoms with Crippen LogP contribution in [0.1, 0.15) is 49.4 Å². The van der Waals surface area contributed by atoms with Gasteiger partial charge in [0.25, 0.3) is 0 Å². The summed E-state index contributed by atoms with van der Waals surface area (Å²) in [4.78, 5) is 12.5. The Morgan fingerprint density at radius 1 is 1.40 bits per heavy atom. The predicted octanol–water partition coefficient (Wildman–Crippen LogP) is 1.29. The number of fused-ring (bicyclic) bond motifs is 1. The van der Waals surface area contributed by atoms with Crippen molar-refractivity contribution in [3.8, 4) is 0 Å². The summed E-state index contributed by atoms with van der Waals surface area (Å²) in [6, 6.07) is 0.146. The van der Waals surface area contributed by atoms with Gasteiger partial charge >= 0.3 is 0 Å². The number of H-pyrrole nitrogens is 1. The van der Waals surface area contributed by atoms with Gasteiger partial charge in [-0.15, -0.1) is 0 Å². The summed E-state index contributed by atoms with van der Waals surface area (Å²) in [5.74, 6) is 0.511. The second-order valence-electron chi connectivity index (χ2n) is 6.63. The fraction of sp³-hybridized carbons (Fsp3) is 0.733. The van der Waals surface area contributed by atoms with E-state index in [0.29, 0.717) is 5.41 Å². The molecule has 3 N–H and O–H groups in total. The van der Waals surface area contributed by atoms with Crippen LogP contribution in [0.15, 0.2) is 6.20 Å². The van der Waals surface area contributed by atoms with Crippen molar-refractivity contribution in [1.29, 1.82) is 0 Å². The third-order valence-electron chi connectivity index (χ3n) is 5.46. The average Bonchev–Trinajstić information content (AvgIpc) is 2.95. The first-order valence-electron chi connectivity index (χ1n) is 7.82. The Hall–Kier alpha value is -1.36. The molecule has 4 rings (SSSR count). The van der Waals surface area contributed by atoms with Crippen LogP contribution in [0.5, 0.6) is 0 Å². The maximum absolute atomic E-state index is 12.5. The molecule has 2 heterocycles. The van der Waals surface area contributed by atoms with Crippen molar-refractivity contribution in [2.45, 2.75) is 44.6 Å². The van der Waals surface area contributed by atoms with Gasteiger partial charge in [-0.2, -0.15) is 5.10 Å². The lowest BCUT2D eigenvalue weighted by atomic mass is 9.91. The van der Waals surface area contributed by atoms with Gasteiger partial charge in [0.1, 0.15) is 0 Å². The normalized spacial score (nSPS) is 30.8. The van der Waals surface area contributed by atoms with Crippen molar-refractivity contribution in [3.05, 3.63) is 17.5 Å². The summed E-state index contributed by atoms with van der Waals surface area (Å²) in [5, 5.41) is 13.8. The van der Waals surface area contributed by atoms with E-state index in [9.17, 15) is 4.79 Å². The number of rotatable bonds is 2. The van der Waals surface area contributed by atoms with Crippen molar-refractivity contribution in [1.82, 2.24) is 20.8 Å². The lowest BCUT2D eigenvalue weighted by molar-refractivity contribution is -0.124. The molecule has 0 aromatic carbocycles. The van der Waals surface area contributed by atoms with E-state index < -0.39 is 0 Å². The molecule has 0 radical (unpaired) electrons. The molecule has 2 fully saturated rings. The molecule has 1 aromatic rings. The van der Waals surface area contributed by atoms with Gasteiger partial charge in [-0.1, -0.05) is 0 Å². The third-order valence-corrected chi connectivity index (χ3v) is 5.46. The minimum absolute atomic E-state index is 0.146. The zero-order valence-electron chi connectivity index (χ0n) is 11.7. The minimum Gasteiger partial charge on any atom is -0.347 e. The summed E-state index contributed by atoms with van der Waals surface area (Å²) in [6.45, 7) is 2.13. The highest BCUT2D eigenvalue weighted by Gasteiger charge is 2.57. The summed E-state index contributed by atoms with van der Waals surface area (Å²) >= 11 is 0. The predicted molar refractivity (Wildman–Crippen MR) is 75.1 cm³/mol. The van der Waals surface area contributed by atoms with Crippen LogP contribution in [0.25, 0.3) is 0 Å². The Morgan fingerprint density at radius 3 is 3.10 bits per heavy atom. The Balaban J connectivity index is 1.42. The van der Waals surface area contributed by atoms with Gasteiger partial charge in [0.2, 0.25) is 5.91 Å². The molecule has 108 valence electrons. The lowest BCUT2D eigenvalue weighted by Gasteiger charge is -2.25. The fourth-order valence-corrected chi connectivity index (χ4v) is 4.08. The van der Waals surface area contributed by atoms with E-state index >= 15 is 0 Å². The molecule has 0 bridgehead atoms. The Labute approximate surface area is 118 Å². The second-order valence-corrected chi connectivity index (χ2v) is 6.63. The van der Waals surface area contributed by atoms with Gasteiger partial charge < -0.3 is 10.6 Å². The van der Waals surface area contributed by atoms with Gasteiger partial charge in [-0.3, -0.25) is 9.89 Å². The molecular weight excluding hydrogens is 252 g/mol. The Morgan fingerprint density at radius 2 is 2.25 bits per heavy atom. The SMILES string of the molecule is O=C(NC1CCCc2cn[nH]c21)C1CC12CCNCC2. The van der Waals surface area contributed by atoms with Crippen molar-refractivity contribution in [2.24, 2.45) is 11.3 Å². The first-order chi connectivity index (χ1) is 9.78. The molecule has 2 unspecified atom stereocenters. The van der Waals surface area contributed by atoms with Crippen molar-refractivity contribution in [2.75, 3.05) is 13.1 Å². The van der Waals surface area contributed by atoms with E-state index in [-0.39, 0.29) is 17.9 Å². The minimum atomic E-state index is 0.146. The molecule has 1 spiro atoms. The molecule has 5 nitrogen and oxygen atoms in total. The van der Waals surface area contributed by atoms with Crippen LogP contribution in [0.4, 0.5) is 0 Å². The van der Waals surface area contributed by atoms with E-state index in [0.717, 1.165) is 57.3 Å². The molecule has 2 aliphatic carbocycles. The number of amides is 1. The number of carbonyl (C=O) groups excluding carboxylic acids is 1. The number of aromatic nitrogens is 2. The van der Waals surface area contributed by atoms with Crippen LogP contribution in [0, 0.1) is 11.3 Å². The van der Waals surface area contributed by atoms with Crippen molar-refractivity contribution < 1.29 is 4.79 Å². The standard InChI is InChI=1S/C15H22N4O/c20-14(11-8-15(11)4-6-16-7-5-15)18-12-3-1-2-10-9-17-19-13(10)12/h9,11-12,16H,1-8H2,(H,17,19)(H,18,20). The molecule has 1 amide bonds. The number of nitrogens with zero attached hydrogens (tertiary/aromatic N) is 1. The number of hydrogen-bond acceptors (Lipinski definition) is 3. The van der Waals surface area contributed by atoms with Gasteiger partial charge in [0.05, 0.1) is 17.9 Å². The van der Waals surface area contributed by atoms with Crippen LogP contribution in [-0.2, 0) is 11.2 Å². The van der Waals surface area contributed by atoms with Gasteiger partial charge in [0.15, 0.2) is 0 Å². The van der Waals surface area contributed by atoms with Gasteiger partial charge in [-0.25, -0.2) is 0 Å². The maximum Gasteiger partial charge on any atom is 0.224 e. The molecule has 20 heavy (non-hydrogen) atoms. The van der Waals surface area contributed by atoms with E-state index in [2.05, 4.69) is 20.8 Å². The summed E-state index contributed by atoms with van der Waals surface area (Å²) in [7, 11) is 0. The Bertz CT molecular complexity index is 518. The second kappa shape index (κ2) is 4.58. The topological polar surface area (TPSA) is 69.8 Å². The zero-order valence-corrected chi connectivity index (χ0v) is 11.7. The number of nitrogens with one attached hydrogen (secondary N) is 3. The average molecular weight is 274 g/mol. The lowest BCUT2D eigenvalue weighted by Crippen LogP contribution is -2.36. The monoisotopic (exact) mass is 274 g/mol. The number of hydrogen-bond donors (Lipinski definition) is 3. The fourth-order valence-electron chi connectivity index (χ4n) is 4.08. The smallest absolute Gasteiger partial charge is 0.224 e. The summed E-state index contributed by atoms with van der Waals surface area (Å²) < 4.78 is 0. The third kappa shape index (κ3) is 1.95. The van der Waals surface area contributed by atoms with Crippen LogP contribution in [-0.4, -0.2) is 29.2 Å². The first kappa shape index (κ1) is 12.4. The summed E-state index contributed by atoms with van der Waals surface area (Å²) in [5.41, 5.74) is 2.72. The maximum atomic E-state index is 12.5. The highest BCUT2D eigenvalue weighted by molar-refractivity contribution is 5.83. The number of piperidine rings is 1. The highest BCUT2D eigenvalue weighted by atomic mass is 16.2. The molecular formula is C15H22N4O. The van der Waals surface area contributed by atoms with E-state index in [1.54, 1.807) is 0 Å². The number of aromatic amines is 1. The van der Waals surface area contributed by atoms with Crippen molar-refractivity contribution in [3.63, 3.8) is 0 Å². The van der Waals surface area contributed by atoms with E-state index in [4.69, 9.17) is 0 Å². The van der Waals surface area contributed by atoms with E-state index in [1.807, 2.05) is 6.20 Å². The Kier molecular flexibility index (Phi) is 2.84. The molecule has 2 atom stereocenters. The van der Waals surface area contributed by atoms with Gasteiger partial charge in [-0.05, 0) is 62.6 Å². The van der Waals surface area contributed by atoms with Crippen LogP contribution < -0.4 is 10.6 Å². The number of carbonyl (C=O) groups is 1. The van der Waals surface area contributed by atoms with Crippen LogP contribution >= 0.6 is 0 Å². The largest absolute Gasteiger partial charge is 0.347 e. The molecule has 5 heteroatoms. The molecule has 1 aromatic heterocycles.